The molecule has 4 aliphatic rings. The lowest BCUT2D eigenvalue weighted by molar-refractivity contribution is -0.176. The molecule has 11 atom stereocenters. The van der Waals surface area contributed by atoms with E-state index in [0.29, 0.717) is 24.3 Å². The molecule has 3 fully saturated rings. The second kappa shape index (κ2) is 8.41. The monoisotopic (exact) mass is 464 g/mol. The number of carbonyl (C=O) groups is 1. The van der Waals surface area contributed by atoms with Crippen LogP contribution >= 0.6 is 0 Å². The van der Waals surface area contributed by atoms with Gasteiger partial charge in [-0.15, -0.1) is 0 Å². The maximum absolute atomic E-state index is 13.3. The smallest absolute Gasteiger partial charge is 0.159 e. The number of carbonyl (C=O) groups excluding carboxylic acids is 1. The Bertz CT molecular complexity index is 808. The third-order valence-corrected chi connectivity index (χ3v) is 10.4. The van der Waals surface area contributed by atoms with Gasteiger partial charge in [-0.25, -0.2) is 0 Å². The van der Waals surface area contributed by atoms with Gasteiger partial charge in [0.15, 0.2) is 5.78 Å². The average molecular weight is 465 g/mol. The molecule has 6 nitrogen and oxygen atoms in total. The second-order valence-electron chi connectivity index (χ2n) is 12.7. The minimum Gasteiger partial charge on any atom is -0.393 e. The number of allylic oxidation sites excluding steroid dienone is 1. The summed E-state index contributed by atoms with van der Waals surface area (Å²) in [6, 6.07) is 0. The SMILES string of the molecule is CC(C)CCC(O)C(C)C1CCC2(O)C3=CC(=O)C4CC(O)C(O)CC4(C)C3C(O)CC12C. The highest BCUT2D eigenvalue weighted by Crippen LogP contribution is 2.68. The highest BCUT2D eigenvalue weighted by atomic mass is 16.3. The molecule has 3 saturated carbocycles. The van der Waals surface area contributed by atoms with Crippen molar-refractivity contribution in [2.24, 2.45) is 40.4 Å². The van der Waals surface area contributed by atoms with Crippen molar-refractivity contribution in [3.63, 3.8) is 0 Å². The number of fused-ring (bicyclic) bond motifs is 5. The van der Waals surface area contributed by atoms with Gasteiger partial charge in [-0.1, -0.05) is 34.6 Å². The van der Waals surface area contributed by atoms with E-state index in [9.17, 15) is 30.3 Å². The number of hydrogen-bond donors (Lipinski definition) is 5. The van der Waals surface area contributed by atoms with E-state index in [-0.39, 0.29) is 30.5 Å². The molecule has 5 N–H and O–H groups in total. The van der Waals surface area contributed by atoms with Crippen LogP contribution in [0.3, 0.4) is 0 Å². The molecule has 11 unspecified atom stereocenters. The molecule has 0 radical (unpaired) electrons. The molecule has 0 heterocycles. The standard InChI is InChI=1S/C27H44O6/c1-14(2)6-7-19(28)15(3)16-8-9-27(33)18-11-20(29)17-10-21(30)22(31)12-25(17,4)24(18)23(32)13-26(16,27)5/h11,14-17,19,21-24,28,30-33H,6-10,12-13H2,1-5H3. The van der Waals surface area contributed by atoms with Crippen molar-refractivity contribution >= 4 is 5.78 Å². The largest absolute Gasteiger partial charge is 0.393 e. The number of aliphatic hydroxyl groups excluding tert-OH is 4. The lowest BCUT2D eigenvalue weighted by Gasteiger charge is -2.61. The first kappa shape index (κ1) is 25.3. The summed E-state index contributed by atoms with van der Waals surface area (Å²) >= 11 is 0. The van der Waals surface area contributed by atoms with Gasteiger partial charge in [0.25, 0.3) is 0 Å². The summed E-state index contributed by atoms with van der Waals surface area (Å²) in [7, 11) is 0. The van der Waals surface area contributed by atoms with Crippen molar-refractivity contribution in [3.05, 3.63) is 11.6 Å². The first-order chi connectivity index (χ1) is 15.3. The Morgan fingerprint density at radius 3 is 2.33 bits per heavy atom. The Hall–Kier alpha value is -0.790. The Balaban J connectivity index is 1.69. The van der Waals surface area contributed by atoms with E-state index in [1.165, 1.54) is 0 Å². The zero-order valence-corrected chi connectivity index (χ0v) is 20.9. The lowest BCUT2D eigenvalue weighted by atomic mass is 9.45. The summed E-state index contributed by atoms with van der Waals surface area (Å²) in [5.41, 5.74) is -1.97. The summed E-state index contributed by atoms with van der Waals surface area (Å²) in [5, 5.41) is 55.4. The molecule has 0 bridgehead atoms. The Morgan fingerprint density at radius 2 is 1.70 bits per heavy atom. The predicted octanol–water partition coefficient (Wildman–Crippen LogP) is 2.60. The Morgan fingerprint density at radius 1 is 1.03 bits per heavy atom. The minimum atomic E-state index is -1.22. The molecule has 188 valence electrons. The van der Waals surface area contributed by atoms with Crippen LogP contribution in [0.2, 0.25) is 0 Å². The van der Waals surface area contributed by atoms with Crippen molar-refractivity contribution < 1.29 is 30.3 Å². The van der Waals surface area contributed by atoms with E-state index in [1.807, 2.05) is 13.8 Å². The molecule has 0 saturated heterocycles. The van der Waals surface area contributed by atoms with Gasteiger partial charge >= 0.3 is 0 Å². The maximum Gasteiger partial charge on any atom is 0.159 e. The molecule has 0 spiro atoms. The van der Waals surface area contributed by atoms with Crippen LogP contribution in [0.25, 0.3) is 0 Å². The number of aliphatic hydroxyl groups is 5. The normalized spacial score (nSPS) is 49.2. The number of hydrogen-bond acceptors (Lipinski definition) is 6. The number of ketones is 1. The first-order valence-electron chi connectivity index (χ1n) is 13.0. The topological polar surface area (TPSA) is 118 Å². The zero-order valence-electron chi connectivity index (χ0n) is 20.9. The van der Waals surface area contributed by atoms with Gasteiger partial charge in [-0.05, 0) is 79.8 Å². The molecule has 0 aromatic carbocycles. The van der Waals surface area contributed by atoms with Crippen molar-refractivity contribution in [2.45, 2.75) is 110 Å². The number of rotatable bonds is 5. The van der Waals surface area contributed by atoms with Gasteiger partial charge in [0.05, 0.1) is 30.0 Å². The molecular weight excluding hydrogens is 420 g/mol. The minimum absolute atomic E-state index is 0.0265. The van der Waals surface area contributed by atoms with E-state index in [1.54, 1.807) is 6.08 Å². The molecule has 0 aromatic heterocycles. The van der Waals surface area contributed by atoms with E-state index < -0.39 is 52.7 Å². The van der Waals surface area contributed by atoms with Crippen molar-refractivity contribution in [2.75, 3.05) is 0 Å². The van der Waals surface area contributed by atoms with Crippen LogP contribution in [-0.2, 0) is 4.79 Å². The third-order valence-electron chi connectivity index (χ3n) is 10.4. The van der Waals surface area contributed by atoms with E-state index in [0.717, 1.165) is 19.3 Å². The second-order valence-corrected chi connectivity index (χ2v) is 12.7. The fourth-order valence-electron chi connectivity index (χ4n) is 8.40. The Kier molecular flexibility index (Phi) is 6.45. The highest BCUT2D eigenvalue weighted by molar-refractivity contribution is 5.95. The lowest BCUT2D eigenvalue weighted by Crippen LogP contribution is -2.64. The molecule has 0 amide bonds. The van der Waals surface area contributed by atoms with Crippen LogP contribution in [0.4, 0.5) is 0 Å². The summed E-state index contributed by atoms with van der Waals surface area (Å²) < 4.78 is 0. The molecule has 33 heavy (non-hydrogen) atoms. The summed E-state index contributed by atoms with van der Waals surface area (Å²) in [5.74, 6) is -0.506. The van der Waals surface area contributed by atoms with Gasteiger partial charge in [-0.3, -0.25) is 4.79 Å². The molecule has 0 aromatic rings. The third kappa shape index (κ3) is 3.67. The van der Waals surface area contributed by atoms with Gasteiger partial charge in [-0.2, -0.15) is 0 Å². The first-order valence-corrected chi connectivity index (χ1v) is 13.0. The van der Waals surface area contributed by atoms with Gasteiger partial charge < -0.3 is 25.5 Å². The maximum atomic E-state index is 13.3. The van der Waals surface area contributed by atoms with Crippen molar-refractivity contribution in [1.29, 1.82) is 0 Å². The Labute approximate surface area is 198 Å². The molecule has 0 aliphatic heterocycles. The van der Waals surface area contributed by atoms with Crippen molar-refractivity contribution in [1.82, 2.24) is 0 Å². The van der Waals surface area contributed by atoms with Crippen LogP contribution in [0, 0.1) is 40.4 Å². The summed E-state index contributed by atoms with van der Waals surface area (Å²) in [4.78, 5) is 13.3. The molecule has 4 aliphatic carbocycles. The molecule has 4 rings (SSSR count). The van der Waals surface area contributed by atoms with E-state index in [2.05, 4.69) is 20.8 Å². The van der Waals surface area contributed by atoms with E-state index in [4.69, 9.17) is 0 Å². The zero-order chi connectivity index (χ0) is 24.5. The molecular formula is C27H44O6. The summed E-state index contributed by atoms with van der Waals surface area (Å²) in [6.07, 6.45) is 2.15. The fourth-order valence-corrected chi connectivity index (χ4v) is 8.40. The molecule has 6 heteroatoms. The van der Waals surface area contributed by atoms with Gasteiger partial charge in [0, 0.05) is 17.3 Å². The van der Waals surface area contributed by atoms with Crippen LogP contribution in [-0.4, -0.2) is 61.3 Å². The summed E-state index contributed by atoms with van der Waals surface area (Å²) in [6.45, 7) is 10.3. The van der Waals surface area contributed by atoms with Crippen LogP contribution in [0.5, 0.6) is 0 Å². The van der Waals surface area contributed by atoms with Crippen LogP contribution < -0.4 is 0 Å². The van der Waals surface area contributed by atoms with Crippen molar-refractivity contribution in [3.8, 4) is 0 Å². The quantitative estimate of drug-likeness (QED) is 0.427. The van der Waals surface area contributed by atoms with Crippen LogP contribution in [0.1, 0.15) is 79.6 Å². The average Bonchev–Trinajstić information content (AvgIpc) is 2.98. The fraction of sp³-hybridized carbons (Fsp3) is 0.889. The van der Waals surface area contributed by atoms with E-state index >= 15 is 0 Å². The van der Waals surface area contributed by atoms with Gasteiger partial charge in [0.1, 0.15) is 0 Å². The highest BCUT2D eigenvalue weighted by Gasteiger charge is 2.69. The van der Waals surface area contributed by atoms with Gasteiger partial charge in [0.2, 0.25) is 0 Å². The predicted molar refractivity (Wildman–Crippen MR) is 125 cm³/mol. The van der Waals surface area contributed by atoms with Crippen LogP contribution in [0.15, 0.2) is 11.6 Å².